The second-order valence-corrected chi connectivity index (χ2v) is 4.19. The van der Waals surface area contributed by atoms with Crippen molar-refractivity contribution in [2.75, 3.05) is 6.54 Å². The zero-order valence-electron chi connectivity index (χ0n) is 9.58. The molecule has 1 N–H and O–H groups in total. The molecule has 3 heteroatoms. The SMILES string of the molecule is CCc1cc(C2CCCCN2)nc(C)n1. The van der Waals surface area contributed by atoms with Crippen molar-refractivity contribution in [3.63, 3.8) is 0 Å². The van der Waals surface area contributed by atoms with Crippen LogP contribution in [0.2, 0.25) is 0 Å². The highest BCUT2D eigenvalue weighted by atomic mass is 15.0. The molecule has 15 heavy (non-hydrogen) atoms. The van der Waals surface area contributed by atoms with E-state index in [4.69, 9.17) is 0 Å². The van der Waals surface area contributed by atoms with Gasteiger partial charge in [0, 0.05) is 11.7 Å². The molecule has 1 aromatic rings. The van der Waals surface area contributed by atoms with Gasteiger partial charge in [0.15, 0.2) is 0 Å². The smallest absolute Gasteiger partial charge is 0.125 e. The van der Waals surface area contributed by atoms with E-state index in [1.54, 1.807) is 0 Å². The van der Waals surface area contributed by atoms with Crippen molar-refractivity contribution in [1.82, 2.24) is 15.3 Å². The number of piperidine rings is 1. The van der Waals surface area contributed by atoms with E-state index in [1.807, 2.05) is 6.92 Å². The van der Waals surface area contributed by atoms with E-state index in [0.717, 1.165) is 24.5 Å². The molecule has 3 nitrogen and oxygen atoms in total. The highest BCUT2D eigenvalue weighted by molar-refractivity contribution is 5.15. The molecule has 0 aromatic carbocycles. The van der Waals surface area contributed by atoms with Crippen molar-refractivity contribution in [3.05, 3.63) is 23.3 Å². The molecule has 1 aliphatic rings. The van der Waals surface area contributed by atoms with E-state index < -0.39 is 0 Å². The molecule has 1 saturated heterocycles. The van der Waals surface area contributed by atoms with Crippen LogP contribution in [0, 0.1) is 6.92 Å². The summed E-state index contributed by atoms with van der Waals surface area (Å²) in [5, 5.41) is 3.52. The third-order valence-electron chi connectivity index (χ3n) is 2.94. The summed E-state index contributed by atoms with van der Waals surface area (Å²) in [5.74, 6) is 0.900. The summed E-state index contributed by atoms with van der Waals surface area (Å²) >= 11 is 0. The Hall–Kier alpha value is -0.960. The lowest BCUT2D eigenvalue weighted by Crippen LogP contribution is -2.27. The second kappa shape index (κ2) is 4.71. The van der Waals surface area contributed by atoms with Gasteiger partial charge in [-0.3, -0.25) is 0 Å². The fourth-order valence-corrected chi connectivity index (χ4v) is 2.12. The van der Waals surface area contributed by atoms with E-state index in [0.29, 0.717) is 6.04 Å². The maximum Gasteiger partial charge on any atom is 0.125 e. The van der Waals surface area contributed by atoms with Gasteiger partial charge in [0.05, 0.1) is 5.69 Å². The van der Waals surface area contributed by atoms with Crippen LogP contribution in [0.15, 0.2) is 6.07 Å². The molecule has 2 rings (SSSR count). The van der Waals surface area contributed by atoms with Gasteiger partial charge in [-0.05, 0) is 38.8 Å². The molecule has 0 spiro atoms. The first kappa shape index (κ1) is 10.6. The molecule has 0 radical (unpaired) electrons. The molecule has 1 aromatic heterocycles. The van der Waals surface area contributed by atoms with Crippen molar-refractivity contribution in [2.24, 2.45) is 0 Å². The van der Waals surface area contributed by atoms with Crippen molar-refractivity contribution in [2.45, 2.75) is 45.6 Å². The van der Waals surface area contributed by atoms with E-state index >= 15 is 0 Å². The van der Waals surface area contributed by atoms with E-state index in [1.165, 1.54) is 25.0 Å². The van der Waals surface area contributed by atoms with Gasteiger partial charge in [0.25, 0.3) is 0 Å². The number of aryl methyl sites for hydroxylation is 2. The molecule has 0 amide bonds. The lowest BCUT2D eigenvalue weighted by molar-refractivity contribution is 0.404. The molecule has 1 atom stereocenters. The first-order valence-corrected chi connectivity index (χ1v) is 5.87. The average molecular weight is 205 g/mol. The van der Waals surface area contributed by atoms with Crippen molar-refractivity contribution in [1.29, 1.82) is 0 Å². The van der Waals surface area contributed by atoms with Crippen LogP contribution < -0.4 is 5.32 Å². The maximum atomic E-state index is 4.53. The predicted octanol–water partition coefficient (Wildman–Crippen LogP) is 2.16. The summed E-state index contributed by atoms with van der Waals surface area (Å²) in [6.07, 6.45) is 4.80. The van der Waals surface area contributed by atoms with Gasteiger partial charge >= 0.3 is 0 Å². The largest absolute Gasteiger partial charge is 0.309 e. The highest BCUT2D eigenvalue weighted by Gasteiger charge is 2.16. The summed E-state index contributed by atoms with van der Waals surface area (Å²) in [5.41, 5.74) is 2.34. The molecule has 0 bridgehead atoms. The first-order valence-electron chi connectivity index (χ1n) is 5.87. The van der Waals surface area contributed by atoms with Gasteiger partial charge in [-0.1, -0.05) is 13.3 Å². The van der Waals surface area contributed by atoms with Crippen LogP contribution in [-0.2, 0) is 6.42 Å². The number of rotatable bonds is 2. The summed E-state index contributed by atoms with van der Waals surface area (Å²) in [7, 11) is 0. The van der Waals surface area contributed by atoms with Crippen LogP contribution >= 0.6 is 0 Å². The monoisotopic (exact) mass is 205 g/mol. The topological polar surface area (TPSA) is 37.8 Å². The molecule has 82 valence electrons. The highest BCUT2D eigenvalue weighted by Crippen LogP contribution is 2.21. The van der Waals surface area contributed by atoms with Crippen LogP contribution in [-0.4, -0.2) is 16.5 Å². The average Bonchev–Trinajstić information content (AvgIpc) is 2.29. The van der Waals surface area contributed by atoms with Crippen LogP contribution in [0.3, 0.4) is 0 Å². The quantitative estimate of drug-likeness (QED) is 0.804. The number of aromatic nitrogens is 2. The minimum absolute atomic E-state index is 0.450. The van der Waals surface area contributed by atoms with Crippen LogP contribution in [0.4, 0.5) is 0 Å². The number of hydrogen-bond donors (Lipinski definition) is 1. The Labute approximate surface area is 91.3 Å². The lowest BCUT2D eigenvalue weighted by atomic mass is 10.0. The Bertz CT molecular complexity index is 330. The van der Waals surface area contributed by atoms with Crippen molar-refractivity contribution < 1.29 is 0 Å². The number of nitrogens with zero attached hydrogens (tertiary/aromatic N) is 2. The summed E-state index contributed by atoms with van der Waals surface area (Å²) in [6, 6.07) is 2.60. The Kier molecular flexibility index (Phi) is 3.31. The van der Waals surface area contributed by atoms with Gasteiger partial charge in [-0.25, -0.2) is 9.97 Å². The summed E-state index contributed by atoms with van der Waals surface area (Å²) in [6.45, 7) is 5.24. The first-order chi connectivity index (χ1) is 7.29. The van der Waals surface area contributed by atoms with Crippen molar-refractivity contribution in [3.8, 4) is 0 Å². The normalized spacial score (nSPS) is 21.6. The van der Waals surface area contributed by atoms with Crippen LogP contribution in [0.5, 0.6) is 0 Å². The van der Waals surface area contributed by atoms with Gasteiger partial charge < -0.3 is 5.32 Å². The Morgan fingerprint density at radius 3 is 2.93 bits per heavy atom. The summed E-state index contributed by atoms with van der Waals surface area (Å²) < 4.78 is 0. The minimum atomic E-state index is 0.450. The Morgan fingerprint density at radius 1 is 1.40 bits per heavy atom. The third kappa shape index (κ3) is 2.53. The van der Waals surface area contributed by atoms with Gasteiger partial charge in [-0.2, -0.15) is 0 Å². The van der Waals surface area contributed by atoms with E-state index in [9.17, 15) is 0 Å². The minimum Gasteiger partial charge on any atom is -0.309 e. The van der Waals surface area contributed by atoms with E-state index in [-0.39, 0.29) is 0 Å². The van der Waals surface area contributed by atoms with Crippen molar-refractivity contribution >= 4 is 0 Å². The third-order valence-corrected chi connectivity index (χ3v) is 2.94. The van der Waals surface area contributed by atoms with Crippen LogP contribution in [0.25, 0.3) is 0 Å². The molecule has 1 aliphatic heterocycles. The Morgan fingerprint density at radius 2 is 2.27 bits per heavy atom. The second-order valence-electron chi connectivity index (χ2n) is 4.19. The molecule has 0 aliphatic carbocycles. The fourth-order valence-electron chi connectivity index (χ4n) is 2.12. The zero-order chi connectivity index (χ0) is 10.7. The van der Waals surface area contributed by atoms with Crippen LogP contribution in [0.1, 0.15) is 49.4 Å². The maximum absolute atomic E-state index is 4.53. The lowest BCUT2D eigenvalue weighted by Gasteiger charge is -2.23. The zero-order valence-corrected chi connectivity index (χ0v) is 9.58. The molecular formula is C12H19N3. The molecular weight excluding hydrogens is 186 g/mol. The van der Waals surface area contributed by atoms with E-state index in [2.05, 4.69) is 28.3 Å². The number of hydrogen-bond acceptors (Lipinski definition) is 3. The fraction of sp³-hybridized carbons (Fsp3) is 0.667. The molecule has 1 fully saturated rings. The van der Waals surface area contributed by atoms with Gasteiger partial charge in [0.1, 0.15) is 5.82 Å². The number of nitrogens with one attached hydrogen (secondary N) is 1. The standard InChI is InChI=1S/C12H19N3/c1-3-10-8-12(15-9(2)14-10)11-6-4-5-7-13-11/h8,11,13H,3-7H2,1-2H3. The Balaban J connectivity index is 2.22. The molecule has 2 heterocycles. The summed E-state index contributed by atoms with van der Waals surface area (Å²) in [4.78, 5) is 8.94. The molecule has 0 saturated carbocycles. The van der Waals surface area contributed by atoms with Gasteiger partial charge in [-0.15, -0.1) is 0 Å². The predicted molar refractivity (Wildman–Crippen MR) is 60.7 cm³/mol. The van der Waals surface area contributed by atoms with Gasteiger partial charge in [0.2, 0.25) is 0 Å². The molecule has 1 unspecified atom stereocenters.